The molecule has 1 aliphatic carbocycles. The predicted octanol–water partition coefficient (Wildman–Crippen LogP) is 3.36. The average molecular weight is 355 g/mol. The Balaban J connectivity index is 1.64. The molecule has 0 radical (unpaired) electrons. The summed E-state index contributed by atoms with van der Waals surface area (Å²) >= 11 is 0. The van der Waals surface area contributed by atoms with Gasteiger partial charge in [0.05, 0.1) is 12.1 Å². The molecule has 0 spiro atoms. The number of hydrogen-bond donors (Lipinski definition) is 3. The second kappa shape index (κ2) is 8.19. The molecule has 4 N–H and O–H groups in total. The molecule has 26 heavy (non-hydrogen) atoms. The number of nitrogens with two attached hydrogens (primary N) is 1. The number of benzene rings is 1. The van der Waals surface area contributed by atoms with Crippen LogP contribution in [0.5, 0.6) is 0 Å². The molecule has 0 atom stereocenters. The topological polar surface area (TPSA) is 97.4 Å². The molecule has 6 nitrogen and oxygen atoms in total. The lowest BCUT2D eigenvalue weighted by molar-refractivity contribution is 0.0927. The molecule has 1 aliphatic rings. The van der Waals surface area contributed by atoms with Gasteiger partial charge in [-0.05, 0) is 49.6 Å². The van der Waals surface area contributed by atoms with E-state index < -0.39 is 0 Å². The van der Waals surface area contributed by atoms with Crippen LogP contribution >= 0.6 is 0 Å². The van der Waals surface area contributed by atoms with Crippen molar-refractivity contribution in [2.24, 2.45) is 5.73 Å². The zero-order chi connectivity index (χ0) is 18.5. The molecule has 2 aromatic rings. The number of anilines is 1. The summed E-state index contributed by atoms with van der Waals surface area (Å²) in [5.74, 6) is 0.234. The molecule has 1 saturated carbocycles. The highest BCUT2D eigenvalue weighted by molar-refractivity contribution is 6.05. The Kier molecular flexibility index (Phi) is 5.73. The molecule has 1 aromatic carbocycles. The van der Waals surface area contributed by atoms with Crippen molar-refractivity contribution in [3.63, 3.8) is 0 Å². The third kappa shape index (κ3) is 4.32. The number of carbonyl (C=O) groups excluding carboxylic acids is 2. The Hall–Kier alpha value is -2.60. The lowest BCUT2D eigenvalue weighted by atomic mass is 9.95. The van der Waals surface area contributed by atoms with Crippen molar-refractivity contribution in [1.29, 1.82) is 0 Å². The van der Waals surface area contributed by atoms with Gasteiger partial charge in [0.2, 0.25) is 0 Å². The van der Waals surface area contributed by atoms with Gasteiger partial charge in [-0.1, -0.05) is 19.3 Å². The summed E-state index contributed by atoms with van der Waals surface area (Å²) in [6, 6.07) is 7.19. The van der Waals surface area contributed by atoms with Crippen molar-refractivity contribution in [1.82, 2.24) is 5.32 Å². The first-order valence-corrected chi connectivity index (χ1v) is 9.07. The standard InChI is InChI=1S/C20H25N3O3/c1-13-9-14(19(24)22-16-5-3-2-4-6-16)7-8-18(13)23-20(25)15-10-17(11-21)26-12-15/h7-10,12,16H,2-6,11,21H2,1H3,(H,22,24)(H,23,25). The summed E-state index contributed by atoms with van der Waals surface area (Å²) in [5.41, 5.74) is 8.02. The van der Waals surface area contributed by atoms with Gasteiger partial charge < -0.3 is 20.8 Å². The van der Waals surface area contributed by atoms with Crippen LogP contribution in [-0.4, -0.2) is 17.9 Å². The van der Waals surface area contributed by atoms with Crippen molar-refractivity contribution < 1.29 is 14.0 Å². The van der Waals surface area contributed by atoms with Gasteiger partial charge in [-0.2, -0.15) is 0 Å². The highest BCUT2D eigenvalue weighted by Gasteiger charge is 2.17. The first-order chi connectivity index (χ1) is 12.6. The fourth-order valence-corrected chi connectivity index (χ4v) is 3.26. The van der Waals surface area contributed by atoms with E-state index in [2.05, 4.69) is 10.6 Å². The molecule has 1 heterocycles. The summed E-state index contributed by atoms with van der Waals surface area (Å²) < 4.78 is 5.19. The van der Waals surface area contributed by atoms with Crippen molar-refractivity contribution in [3.8, 4) is 0 Å². The fourth-order valence-electron chi connectivity index (χ4n) is 3.26. The van der Waals surface area contributed by atoms with Crippen LogP contribution in [0.15, 0.2) is 34.9 Å². The summed E-state index contributed by atoms with van der Waals surface area (Å²) in [6.45, 7) is 2.12. The maximum Gasteiger partial charge on any atom is 0.258 e. The molecule has 0 saturated heterocycles. The molecule has 3 rings (SSSR count). The molecule has 0 bridgehead atoms. The summed E-state index contributed by atoms with van der Waals surface area (Å²) in [7, 11) is 0. The van der Waals surface area contributed by atoms with E-state index in [0.29, 0.717) is 22.6 Å². The van der Waals surface area contributed by atoms with Crippen LogP contribution in [0.1, 0.15) is 64.1 Å². The fraction of sp³-hybridized carbons (Fsp3) is 0.400. The quantitative estimate of drug-likeness (QED) is 0.766. The van der Waals surface area contributed by atoms with E-state index in [-0.39, 0.29) is 24.4 Å². The maximum atomic E-state index is 12.4. The van der Waals surface area contributed by atoms with E-state index in [9.17, 15) is 9.59 Å². The number of rotatable bonds is 5. The summed E-state index contributed by atoms with van der Waals surface area (Å²) in [5, 5.41) is 5.95. The largest absolute Gasteiger partial charge is 0.467 e. The van der Waals surface area contributed by atoms with E-state index in [1.54, 1.807) is 24.3 Å². The smallest absolute Gasteiger partial charge is 0.258 e. The Labute approximate surface area is 153 Å². The molecule has 0 aliphatic heterocycles. The van der Waals surface area contributed by atoms with Crippen LogP contribution in [0, 0.1) is 6.92 Å². The number of amides is 2. The number of hydrogen-bond acceptors (Lipinski definition) is 4. The van der Waals surface area contributed by atoms with Gasteiger partial charge in [0.15, 0.2) is 0 Å². The third-order valence-corrected chi connectivity index (χ3v) is 4.79. The first-order valence-electron chi connectivity index (χ1n) is 9.07. The second-order valence-corrected chi connectivity index (χ2v) is 6.80. The van der Waals surface area contributed by atoms with E-state index >= 15 is 0 Å². The molecule has 0 unspecified atom stereocenters. The van der Waals surface area contributed by atoms with Crippen molar-refractivity contribution in [2.45, 2.75) is 51.6 Å². The molecule has 1 aromatic heterocycles. The number of nitrogens with one attached hydrogen (secondary N) is 2. The van der Waals surface area contributed by atoms with Gasteiger partial charge in [-0.15, -0.1) is 0 Å². The maximum absolute atomic E-state index is 12.4. The first kappa shape index (κ1) is 18.2. The van der Waals surface area contributed by atoms with Crippen molar-refractivity contribution >= 4 is 17.5 Å². The third-order valence-electron chi connectivity index (χ3n) is 4.79. The number of furan rings is 1. The molecular formula is C20H25N3O3. The molecule has 1 fully saturated rings. The van der Waals surface area contributed by atoms with Crippen LogP contribution in [0.25, 0.3) is 0 Å². The van der Waals surface area contributed by atoms with Gasteiger partial charge in [0.1, 0.15) is 12.0 Å². The van der Waals surface area contributed by atoms with Crippen LogP contribution in [0.2, 0.25) is 0 Å². The summed E-state index contributed by atoms with van der Waals surface area (Å²) in [6.07, 6.45) is 7.09. The minimum absolute atomic E-state index is 0.0553. The predicted molar refractivity (Wildman–Crippen MR) is 100 cm³/mol. The van der Waals surface area contributed by atoms with Crippen LogP contribution in [0.3, 0.4) is 0 Å². The minimum atomic E-state index is -0.268. The molecular weight excluding hydrogens is 330 g/mol. The highest BCUT2D eigenvalue weighted by Crippen LogP contribution is 2.20. The zero-order valence-electron chi connectivity index (χ0n) is 15.0. The average Bonchev–Trinajstić information content (AvgIpc) is 3.13. The van der Waals surface area contributed by atoms with Gasteiger partial charge >= 0.3 is 0 Å². The van der Waals surface area contributed by atoms with Crippen LogP contribution in [-0.2, 0) is 6.54 Å². The number of carbonyl (C=O) groups is 2. The second-order valence-electron chi connectivity index (χ2n) is 6.80. The lowest BCUT2D eigenvalue weighted by Crippen LogP contribution is -2.36. The van der Waals surface area contributed by atoms with Crippen molar-refractivity contribution in [2.75, 3.05) is 5.32 Å². The van der Waals surface area contributed by atoms with Gasteiger partial charge in [0.25, 0.3) is 11.8 Å². The molecule has 2 amide bonds. The van der Waals surface area contributed by atoms with E-state index in [4.69, 9.17) is 10.2 Å². The zero-order valence-corrected chi connectivity index (χ0v) is 15.0. The normalized spacial score (nSPS) is 14.8. The van der Waals surface area contributed by atoms with E-state index in [1.165, 1.54) is 25.5 Å². The van der Waals surface area contributed by atoms with E-state index in [0.717, 1.165) is 18.4 Å². The Morgan fingerprint density at radius 1 is 1.12 bits per heavy atom. The number of aryl methyl sites for hydroxylation is 1. The van der Waals surface area contributed by atoms with Crippen LogP contribution in [0.4, 0.5) is 5.69 Å². The SMILES string of the molecule is Cc1cc(C(=O)NC2CCCCC2)ccc1NC(=O)c1coc(CN)c1. The highest BCUT2D eigenvalue weighted by atomic mass is 16.3. The Bertz CT molecular complexity index is 791. The summed E-state index contributed by atoms with van der Waals surface area (Å²) in [4.78, 5) is 24.7. The monoisotopic (exact) mass is 355 g/mol. The van der Waals surface area contributed by atoms with Gasteiger partial charge in [0, 0.05) is 17.3 Å². The Morgan fingerprint density at radius 2 is 1.88 bits per heavy atom. The van der Waals surface area contributed by atoms with Gasteiger partial charge in [-0.3, -0.25) is 9.59 Å². The molecule has 6 heteroatoms. The lowest BCUT2D eigenvalue weighted by Gasteiger charge is -2.23. The minimum Gasteiger partial charge on any atom is -0.467 e. The van der Waals surface area contributed by atoms with Crippen molar-refractivity contribution in [3.05, 3.63) is 53.0 Å². The van der Waals surface area contributed by atoms with Crippen LogP contribution < -0.4 is 16.4 Å². The Morgan fingerprint density at radius 3 is 2.54 bits per heavy atom. The van der Waals surface area contributed by atoms with Gasteiger partial charge in [-0.25, -0.2) is 0 Å². The molecule has 138 valence electrons. The van der Waals surface area contributed by atoms with E-state index in [1.807, 2.05) is 6.92 Å².